The predicted octanol–water partition coefficient (Wildman–Crippen LogP) is 4.35. The van der Waals surface area contributed by atoms with E-state index in [2.05, 4.69) is 18.3 Å². The van der Waals surface area contributed by atoms with Crippen LogP contribution in [0.1, 0.15) is 48.0 Å². The zero-order valence-corrected chi connectivity index (χ0v) is 23.5. The number of nitrogens with one attached hydrogen (secondary N) is 1. The summed E-state index contributed by atoms with van der Waals surface area (Å²) in [4.78, 5) is 23.1. The van der Waals surface area contributed by atoms with E-state index in [1.54, 1.807) is 51.3 Å². The van der Waals surface area contributed by atoms with Crippen LogP contribution in [0.2, 0.25) is 0 Å². The van der Waals surface area contributed by atoms with Crippen LogP contribution in [0.4, 0.5) is 13.2 Å². The number of hydrogen-bond acceptors (Lipinski definition) is 5. The molecule has 0 fully saturated rings. The van der Waals surface area contributed by atoms with Gasteiger partial charge in [0.2, 0.25) is 11.8 Å². The van der Waals surface area contributed by atoms with Gasteiger partial charge in [0, 0.05) is 13.5 Å². The highest BCUT2D eigenvalue weighted by Crippen LogP contribution is 2.32. The molecule has 0 atom stereocenters. The topological polar surface area (TPSA) is 111 Å². The van der Waals surface area contributed by atoms with Crippen LogP contribution >= 0.6 is 0 Å². The number of hydrogen-bond donors (Lipinski definition) is 3. The van der Waals surface area contributed by atoms with Crippen molar-refractivity contribution in [3.63, 3.8) is 0 Å². The highest BCUT2D eigenvalue weighted by atomic mass is 19.3. The van der Waals surface area contributed by atoms with Gasteiger partial charge < -0.3 is 16.2 Å². The molecule has 0 heterocycles. The number of primary amides is 2. The standard InChI is InChI=1S/C26H41F3N4O3.C2H2/c1-8-9-10-20(16-36-17-26(28,29)25(5,6)27)19(4)14-21(13-18(2)3)22(11-12-23(30)34)33(32-7)15-24(31)35;1-2/h8-11,13-14,18,32H,12,15-17H2,1-7H3,(H2,30,34)(H2,31,35);1-2H/b9-8-,19-14+,20-10+,21-13+,22-11-;. The van der Waals surface area contributed by atoms with E-state index >= 15 is 0 Å². The summed E-state index contributed by atoms with van der Waals surface area (Å²) in [6.45, 7) is 7.64. The molecule has 0 aromatic heterocycles. The lowest BCUT2D eigenvalue weighted by molar-refractivity contribution is -0.158. The summed E-state index contributed by atoms with van der Waals surface area (Å²) >= 11 is 0. The second-order valence-electron chi connectivity index (χ2n) is 9.12. The Morgan fingerprint density at radius 1 is 1.13 bits per heavy atom. The normalized spacial score (nSPS) is 13.9. The van der Waals surface area contributed by atoms with Gasteiger partial charge in [-0.15, -0.1) is 12.8 Å². The SMILES string of the molecule is C#C.C\C=C/C=C(COCC(F)(F)C(C)(C)F)/C(C)=C/C(=C\C(C)C)C(=C/CC(N)=O)/N(CC(N)=O)NC. The zero-order valence-electron chi connectivity index (χ0n) is 23.5. The Labute approximate surface area is 225 Å². The first-order chi connectivity index (χ1) is 17.5. The van der Waals surface area contributed by atoms with Crippen LogP contribution in [-0.2, 0) is 14.3 Å². The number of halogens is 3. The van der Waals surface area contributed by atoms with Gasteiger partial charge in [0.15, 0.2) is 5.67 Å². The second-order valence-corrected chi connectivity index (χ2v) is 9.12. The molecule has 0 aliphatic heterocycles. The minimum Gasteiger partial charge on any atom is -0.370 e. The van der Waals surface area contributed by atoms with Crippen molar-refractivity contribution in [1.82, 2.24) is 10.4 Å². The lowest BCUT2D eigenvalue weighted by atomic mass is 9.99. The lowest BCUT2D eigenvalue weighted by Crippen LogP contribution is -2.43. The van der Waals surface area contributed by atoms with Crippen molar-refractivity contribution in [2.24, 2.45) is 17.4 Å². The third kappa shape index (κ3) is 14.4. The summed E-state index contributed by atoms with van der Waals surface area (Å²) in [7, 11) is 1.60. The average Bonchev–Trinajstić information content (AvgIpc) is 2.80. The Morgan fingerprint density at radius 3 is 2.13 bits per heavy atom. The molecule has 5 N–H and O–H groups in total. The van der Waals surface area contributed by atoms with Crippen molar-refractivity contribution < 1.29 is 27.5 Å². The summed E-state index contributed by atoms with van der Waals surface area (Å²) in [6.07, 6.45) is 18.4. The van der Waals surface area contributed by atoms with E-state index in [0.29, 0.717) is 22.4 Å². The van der Waals surface area contributed by atoms with E-state index < -0.39 is 30.0 Å². The molecular formula is C28H43F3N4O3. The van der Waals surface area contributed by atoms with Gasteiger partial charge in [-0.25, -0.2) is 18.6 Å². The number of terminal acetylenes is 1. The van der Waals surface area contributed by atoms with Gasteiger partial charge in [0.05, 0.1) is 12.3 Å². The molecule has 0 spiro atoms. The maximum atomic E-state index is 14.0. The average molecular weight is 541 g/mol. The highest BCUT2D eigenvalue weighted by Gasteiger charge is 2.47. The number of rotatable bonds is 16. The van der Waals surface area contributed by atoms with Crippen molar-refractivity contribution in [1.29, 1.82) is 0 Å². The van der Waals surface area contributed by atoms with Crippen molar-refractivity contribution in [3.05, 3.63) is 58.9 Å². The van der Waals surface area contributed by atoms with Crippen LogP contribution in [0, 0.1) is 18.8 Å². The molecule has 0 saturated carbocycles. The van der Waals surface area contributed by atoms with E-state index in [1.165, 1.54) is 5.01 Å². The Morgan fingerprint density at radius 2 is 1.71 bits per heavy atom. The fraction of sp³-hybridized carbons (Fsp3) is 0.500. The Balaban J connectivity index is 0. The molecule has 214 valence electrons. The zero-order chi connectivity index (χ0) is 30.1. The molecule has 2 amide bonds. The smallest absolute Gasteiger partial charge is 0.303 e. The summed E-state index contributed by atoms with van der Waals surface area (Å²) in [5, 5.41) is 1.49. The third-order valence-corrected chi connectivity index (χ3v) is 4.96. The molecule has 0 aliphatic carbocycles. The van der Waals surface area contributed by atoms with Gasteiger partial charge in [-0.1, -0.05) is 38.2 Å². The summed E-state index contributed by atoms with van der Waals surface area (Å²) in [5.74, 6) is -4.76. The van der Waals surface area contributed by atoms with Gasteiger partial charge in [-0.05, 0) is 62.5 Å². The first-order valence-electron chi connectivity index (χ1n) is 12.0. The molecule has 0 unspecified atom stereocenters. The van der Waals surface area contributed by atoms with Gasteiger partial charge >= 0.3 is 5.92 Å². The number of ether oxygens (including phenoxy) is 1. The number of alkyl halides is 3. The van der Waals surface area contributed by atoms with E-state index in [-0.39, 0.29) is 25.5 Å². The number of nitrogens with two attached hydrogens (primary N) is 2. The first kappa shape index (κ1) is 36.9. The number of allylic oxidation sites excluding steroid dienone is 5. The molecule has 38 heavy (non-hydrogen) atoms. The number of hydrazine groups is 1. The molecule has 0 aromatic carbocycles. The number of nitrogens with zero attached hydrogens (tertiary/aromatic N) is 1. The minimum absolute atomic E-state index is 0.0676. The van der Waals surface area contributed by atoms with Crippen LogP contribution in [0.25, 0.3) is 0 Å². The number of carbonyl (C=O) groups excluding carboxylic acids is 2. The van der Waals surface area contributed by atoms with E-state index in [4.69, 9.17) is 16.2 Å². The van der Waals surface area contributed by atoms with Crippen LogP contribution in [0.3, 0.4) is 0 Å². The third-order valence-electron chi connectivity index (χ3n) is 4.96. The maximum absolute atomic E-state index is 14.0. The molecule has 0 radical (unpaired) electrons. The fourth-order valence-electron chi connectivity index (χ4n) is 2.88. The fourth-order valence-corrected chi connectivity index (χ4v) is 2.88. The molecule has 7 nitrogen and oxygen atoms in total. The summed E-state index contributed by atoms with van der Waals surface area (Å²) < 4.78 is 47.1. The molecule has 0 aromatic rings. The van der Waals surface area contributed by atoms with E-state index in [1.807, 2.05) is 19.9 Å². The van der Waals surface area contributed by atoms with Crippen LogP contribution in [-0.4, -0.2) is 55.2 Å². The summed E-state index contributed by atoms with van der Waals surface area (Å²) in [5.41, 5.74) is 13.3. The van der Waals surface area contributed by atoms with Crippen molar-refractivity contribution >= 4 is 11.8 Å². The van der Waals surface area contributed by atoms with Gasteiger partial charge in [0.25, 0.3) is 0 Å². The van der Waals surface area contributed by atoms with Crippen LogP contribution < -0.4 is 16.9 Å². The molecule has 0 saturated heterocycles. The van der Waals surface area contributed by atoms with Gasteiger partial charge in [0.1, 0.15) is 13.2 Å². The molecule has 10 heteroatoms. The second kappa shape index (κ2) is 18.0. The van der Waals surface area contributed by atoms with Crippen molar-refractivity contribution in [2.75, 3.05) is 26.8 Å². The van der Waals surface area contributed by atoms with E-state index in [9.17, 15) is 22.8 Å². The Hall–Kier alpha value is -3.29. The monoisotopic (exact) mass is 540 g/mol. The quantitative estimate of drug-likeness (QED) is 0.153. The van der Waals surface area contributed by atoms with Crippen LogP contribution in [0.5, 0.6) is 0 Å². The molecule has 0 bridgehead atoms. The predicted molar refractivity (Wildman–Crippen MR) is 147 cm³/mol. The first-order valence-corrected chi connectivity index (χ1v) is 12.0. The van der Waals surface area contributed by atoms with Crippen LogP contribution in [0.15, 0.2) is 58.9 Å². The largest absolute Gasteiger partial charge is 0.370 e. The van der Waals surface area contributed by atoms with E-state index in [0.717, 1.165) is 13.8 Å². The summed E-state index contributed by atoms with van der Waals surface area (Å²) in [6, 6.07) is 0. The maximum Gasteiger partial charge on any atom is 0.303 e. The van der Waals surface area contributed by atoms with Gasteiger partial charge in [-0.2, -0.15) is 0 Å². The lowest BCUT2D eigenvalue weighted by Gasteiger charge is -2.27. The highest BCUT2D eigenvalue weighted by molar-refractivity contribution is 5.77. The minimum atomic E-state index is -3.66. The Kier molecular flexibility index (Phi) is 17.5. The molecule has 0 aliphatic rings. The van der Waals surface area contributed by atoms with Crippen molar-refractivity contribution in [3.8, 4) is 12.8 Å². The number of carbonyl (C=O) groups is 2. The van der Waals surface area contributed by atoms with Gasteiger partial charge in [-0.3, -0.25) is 14.6 Å². The Bertz CT molecular complexity index is 941. The molecular weight excluding hydrogens is 497 g/mol. The number of amides is 2. The van der Waals surface area contributed by atoms with Crippen molar-refractivity contribution in [2.45, 2.75) is 59.6 Å². The molecule has 0 rings (SSSR count).